The molecule has 0 aromatic heterocycles. The number of ether oxygens (including phenoxy) is 1. The second kappa shape index (κ2) is 8.00. The van der Waals surface area contributed by atoms with Crippen LogP contribution in [-0.2, 0) is 14.8 Å². The van der Waals surface area contributed by atoms with Gasteiger partial charge in [0.15, 0.2) is 0 Å². The van der Waals surface area contributed by atoms with Crippen molar-refractivity contribution in [2.45, 2.75) is 45.0 Å². The number of sulfonamides is 1. The van der Waals surface area contributed by atoms with Crippen molar-refractivity contribution in [3.05, 3.63) is 0 Å². The largest absolute Gasteiger partial charge is 0.395 e. The van der Waals surface area contributed by atoms with Crippen LogP contribution in [0.1, 0.15) is 33.6 Å². The summed E-state index contributed by atoms with van der Waals surface area (Å²) in [7, 11) is -3.35. The van der Waals surface area contributed by atoms with Crippen molar-refractivity contribution >= 4 is 10.0 Å². The van der Waals surface area contributed by atoms with Crippen LogP contribution in [0.4, 0.5) is 0 Å². The maximum atomic E-state index is 11.4. The predicted octanol–water partition coefficient (Wildman–Crippen LogP) is 0.492. The van der Waals surface area contributed by atoms with Crippen molar-refractivity contribution in [3.8, 4) is 0 Å². The van der Waals surface area contributed by atoms with Crippen LogP contribution in [0.2, 0.25) is 0 Å². The van der Waals surface area contributed by atoms with Gasteiger partial charge in [-0.3, -0.25) is 0 Å². The van der Waals surface area contributed by atoms with Crippen LogP contribution < -0.4 is 4.72 Å². The third-order valence-electron chi connectivity index (χ3n) is 2.11. The molecule has 0 aromatic carbocycles. The first-order chi connectivity index (χ1) is 7.40. The molecule has 1 atom stereocenters. The van der Waals surface area contributed by atoms with Crippen molar-refractivity contribution in [1.82, 2.24) is 4.72 Å². The van der Waals surface area contributed by atoms with Crippen molar-refractivity contribution in [1.29, 1.82) is 0 Å². The maximum Gasteiger partial charge on any atom is 0.216 e. The fourth-order valence-corrected chi connectivity index (χ4v) is 1.91. The zero-order chi connectivity index (χ0) is 12.6. The van der Waals surface area contributed by atoms with Crippen molar-refractivity contribution < 1.29 is 18.3 Å². The van der Waals surface area contributed by atoms with E-state index >= 15 is 0 Å². The van der Waals surface area contributed by atoms with Gasteiger partial charge in [-0.1, -0.05) is 0 Å². The first-order valence-electron chi connectivity index (χ1n) is 5.61. The molecule has 6 heteroatoms. The Bertz CT molecular complexity index is 264. The van der Waals surface area contributed by atoms with Crippen LogP contribution in [0.3, 0.4) is 0 Å². The molecule has 0 fully saturated rings. The summed E-state index contributed by atoms with van der Waals surface area (Å²) in [6.45, 7) is 6.09. The fraction of sp³-hybridized carbons (Fsp3) is 1.00. The molecule has 98 valence electrons. The summed E-state index contributed by atoms with van der Waals surface area (Å²) in [6, 6.07) is 0. The molecule has 0 aliphatic carbocycles. The average Bonchev–Trinajstić information content (AvgIpc) is 2.21. The van der Waals surface area contributed by atoms with Crippen LogP contribution in [0.25, 0.3) is 0 Å². The van der Waals surface area contributed by atoms with E-state index in [1.807, 2.05) is 13.8 Å². The SMILES string of the molecule is CC(C)OCCCCNS(=O)(=O)C(C)CO. The monoisotopic (exact) mass is 253 g/mol. The highest BCUT2D eigenvalue weighted by atomic mass is 32.2. The molecule has 1 unspecified atom stereocenters. The molecule has 0 saturated carbocycles. The van der Waals surface area contributed by atoms with Gasteiger partial charge in [0, 0.05) is 13.2 Å². The summed E-state index contributed by atoms with van der Waals surface area (Å²) in [5.41, 5.74) is 0. The highest BCUT2D eigenvalue weighted by molar-refractivity contribution is 7.90. The number of rotatable bonds is 9. The quantitative estimate of drug-likeness (QED) is 0.586. The van der Waals surface area contributed by atoms with Crippen LogP contribution >= 0.6 is 0 Å². The Hall–Kier alpha value is -0.170. The Morgan fingerprint density at radius 3 is 2.38 bits per heavy atom. The molecule has 0 heterocycles. The molecule has 0 amide bonds. The van der Waals surface area contributed by atoms with Gasteiger partial charge in [-0.25, -0.2) is 13.1 Å². The normalized spacial score (nSPS) is 14.3. The van der Waals surface area contributed by atoms with Gasteiger partial charge in [0.05, 0.1) is 18.0 Å². The zero-order valence-electron chi connectivity index (χ0n) is 10.3. The first-order valence-corrected chi connectivity index (χ1v) is 7.15. The Morgan fingerprint density at radius 2 is 1.88 bits per heavy atom. The highest BCUT2D eigenvalue weighted by Crippen LogP contribution is 1.98. The minimum Gasteiger partial charge on any atom is -0.395 e. The van der Waals surface area contributed by atoms with E-state index in [1.54, 1.807) is 0 Å². The lowest BCUT2D eigenvalue weighted by Gasteiger charge is -2.11. The highest BCUT2D eigenvalue weighted by Gasteiger charge is 2.18. The van der Waals surface area contributed by atoms with E-state index in [9.17, 15) is 8.42 Å². The Morgan fingerprint density at radius 1 is 1.25 bits per heavy atom. The van der Waals surface area contributed by atoms with E-state index in [-0.39, 0.29) is 12.7 Å². The van der Waals surface area contributed by atoms with Crippen molar-refractivity contribution in [2.24, 2.45) is 0 Å². The van der Waals surface area contributed by atoms with E-state index in [4.69, 9.17) is 9.84 Å². The topological polar surface area (TPSA) is 75.6 Å². The lowest BCUT2D eigenvalue weighted by Crippen LogP contribution is -2.35. The first kappa shape index (κ1) is 15.8. The Balaban J connectivity index is 3.59. The molecule has 0 bridgehead atoms. The lowest BCUT2D eigenvalue weighted by molar-refractivity contribution is 0.0762. The Labute approximate surface area is 98.2 Å². The molecule has 0 saturated heterocycles. The summed E-state index contributed by atoms with van der Waals surface area (Å²) in [4.78, 5) is 0. The summed E-state index contributed by atoms with van der Waals surface area (Å²) in [5, 5.41) is 7.98. The third kappa shape index (κ3) is 7.16. The van der Waals surface area contributed by atoms with Crippen LogP contribution in [0.15, 0.2) is 0 Å². The molecule has 0 aliphatic rings. The van der Waals surface area contributed by atoms with Crippen molar-refractivity contribution in [2.75, 3.05) is 19.8 Å². The molecule has 0 spiro atoms. The van der Waals surface area contributed by atoms with Crippen LogP contribution in [0, 0.1) is 0 Å². The molecular weight excluding hydrogens is 230 g/mol. The molecule has 5 nitrogen and oxygen atoms in total. The van der Waals surface area contributed by atoms with Crippen molar-refractivity contribution in [3.63, 3.8) is 0 Å². The lowest BCUT2D eigenvalue weighted by atomic mass is 10.3. The number of aliphatic hydroxyl groups is 1. The molecule has 0 aromatic rings. The standard InChI is InChI=1S/C10H23NO4S/c1-9(2)15-7-5-4-6-11-16(13,14)10(3)8-12/h9-12H,4-8H2,1-3H3. The molecule has 0 radical (unpaired) electrons. The van der Waals surface area contributed by atoms with Gasteiger partial charge in [0.25, 0.3) is 0 Å². The third-order valence-corrected chi connectivity index (χ3v) is 3.93. The van der Waals surface area contributed by atoms with Gasteiger partial charge in [0.1, 0.15) is 0 Å². The van der Waals surface area contributed by atoms with E-state index in [1.165, 1.54) is 6.92 Å². The van der Waals surface area contributed by atoms with E-state index < -0.39 is 15.3 Å². The number of aliphatic hydroxyl groups excluding tert-OH is 1. The second-order valence-electron chi connectivity index (χ2n) is 4.06. The minimum atomic E-state index is -3.35. The zero-order valence-corrected chi connectivity index (χ0v) is 11.1. The maximum absolute atomic E-state index is 11.4. The summed E-state index contributed by atoms with van der Waals surface area (Å²) < 4.78 is 30.6. The molecule has 2 N–H and O–H groups in total. The molecule has 16 heavy (non-hydrogen) atoms. The van der Waals surface area contributed by atoms with Gasteiger partial charge in [0.2, 0.25) is 10.0 Å². The molecule has 0 aliphatic heterocycles. The van der Waals surface area contributed by atoms with Gasteiger partial charge in [-0.2, -0.15) is 0 Å². The summed E-state index contributed by atoms with van der Waals surface area (Å²) in [5.74, 6) is 0. The van der Waals surface area contributed by atoms with Crippen LogP contribution in [0.5, 0.6) is 0 Å². The number of hydrogen-bond donors (Lipinski definition) is 2. The summed E-state index contributed by atoms with van der Waals surface area (Å²) >= 11 is 0. The Kier molecular flexibility index (Phi) is 7.91. The van der Waals surface area contributed by atoms with E-state index in [0.717, 1.165) is 12.8 Å². The molecule has 0 rings (SSSR count). The number of hydrogen-bond acceptors (Lipinski definition) is 4. The predicted molar refractivity (Wildman–Crippen MR) is 63.8 cm³/mol. The number of unbranched alkanes of at least 4 members (excludes halogenated alkanes) is 1. The van der Waals surface area contributed by atoms with Gasteiger partial charge in [-0.05, 0) is 33.6 Å². The smallest absolute Gasteiger partial charge is 0.216 e. The van der Waals surface area contributed by atoms with Gasteiger partial charge in [-0.15, -0.1) is 0 Å². The van der Waals surface area contributed by atoms with E-state index in [2.05, 4.69) is 4.72 Å². The second-order valence-corrected chi connectivity index (χ2v) is 6.24. The number of nitrogens with one attached hydrogen (secondary N) is 1. The summed E-state index contributed by atoms with van der Waals surface area (Å²) in [6.07, 6.45) is 1.78. The molecular formula is C10H23NO4S. The average molecular weight is 253 g/mol. The minimum absolute atomic E-state index is 0.214. The fourth-order valence-electron chi connectivity index (χ4n) is 1.00. The van der Waals surface area contributed by atoms with Gasteiger partial charge < -0.3 is 9.84 Å². The van der Waals surface area contributed by atoms with E-state index in [0.29, 0.717) is 13.2 Å². The van der Waals surface area contributed by atoms with Gasteiger partial charge >= 0.3 is 0 Å². The van der Waals surface area contributed by atoms with Crippen LogP contribution in [-0.4, -0.2) is 44.6 Å².